The van der Waals surface area contributed by atoms with E-state index in [1.165, 1.54) is 0 Å². The molecule has 4 N–H and O–H groups in total. The summed E-state index contributed by atoms with van der Waals surface area (Å²) >= 11 is 6.17. The molecule has 7 nitrogen and oxygen atoms in total. The van der Waals surface area contributed by atoms with E-state index in [1.807, 2.05) is 20.8 Å². The number of nitrogens with one attached hydrogen (secondary N) is 4. The Morgan fingerprint density at radius 3 is 2.45 bits per heavy atom. The molecule has 0 heterocycles. The van der Waals surface area contributed by atoms with Gasteiger partial charge in [0, 0.05) is 29.4 Å². The number of carbonyl (C=O) groups excluding carboxylic acids is 3. The van der Waals surface area contributed by atoms with Gasteiger partial charge in [0.1, 0.15) is 0 Å². The van der Waals surface area contributed by atoms with Crippen molar-refractivity contribution in [3.63, 3.8) is 0 Å². The Balaban J connectivity index is 1.96. The van der Waals surface area contributed by atoms with E-state index in [4.69, 9.17) is 11.6 Å². The average molecular weight is 445 g/mol. The molecule has 31 heavy (non-hydrogen) atoms. The molecule has 2 aromatic rings. The molecule has 0 fully saturated rings. The van der Waals surface area contributed by atoms with Crippen molar-refractivity contribution in [2.75, 3.05) is 22.5 Å². The van der Waals surface area contributed by atoms with Crippen molar-refractivity contribution >= 4 is 46.4 Å². The maximum atomic E-state index is 12.4. The highest BCUT2D eigenvalue weighted by molar-refractivity contribution is 6.33. The fourth-order valence-electron chi connectivity index (χ4n) is 2.71. The van der Waals surface area contributed by atoms with Crippen LogP contribution in [0, 0.1) is 0 Å². The maximum absolute atomic E-state index is 12.4. The Bertz CT molecular complexity index is 933. The molecule has 0 saturated carbocycles. The second kappa shape index (κ2) is 12.0. The van der Waals surface area contributed by atoms with Crippen molar-refractivity contribution in [1.82, 2.24) is 5.32 Å². The number of carbonyl (C=O) groups is 3. The third-order valence-corrected chi connectivity index (χ3v) is 4.90. The highest BCUT2D eigenvalue weighted by Gasteiger charge is 2.11. The number of hydrogen-bond acceptors (Lipinski definition) is 4. The van der Waals surface area contributed by atoms with Crippen LogP contribution in [0.25, 0.3) is 0 Å². The number of amides is 3. The fraction of sp³-hybridized carbons (Fsp3) is 0.348. The summed E-state index contributed by atoms with van der Waals surface area (Å²) < 4.78 is 0. The monoisotopic (exact) mass is 444 g/mol. The van der Waals surface area contributed by atoms with E-state index >= 15 is 0 Å². The van der Waals surface area contributed by atoms with Crippen molar-refractivity contribution in [3.05, 3.63) is 53.1 Å². The summed E-state index contributed by atoms with van der Waals surface area (Å²) in [6.45, 7) is 5.86. The van der Waals surface area contributed by atoms with Crippen molar-refractivity contribution in [2.24, 2.45) is 0 Å². The molecular formula is C23H29ClN4O3. The molecule has 3 amide bonds. The Morgan fingerprint density at radius 2 is 1.74 bits per heavy atom. The molecule has 0 aliphatic rings. The van der Waals surface area contributed by atoms with Gasteiger partial charge in [-0.15, -0.1) is 0 Å². The zero-order chi connectivity index (χ0) is 22.8. The molecule has 0 bridgehead atoms. The van der Waals surface area contributed by atoms with E-state index in [2.05, 4.69) is 21.3 Å². The molecular weight excluding hydrogens is 416 g/mol. The molecule has 2 rings (SSSR count). The summed E-state index contributed by atoms with van der Waals surface area (Å²) in [6.07, 6.45) is 2.01. The van der Waals surface area contributed by atoms with Crippen LogP contribution in [0.2, 0.25) is 5.02 Å². The van der Waals surface area contributed by atoms with Gasteiger partial charge >= 0.3 is 0 Å². The Morgan fingerprint density at radius 1 is 0.968 bits per heavy atom. The molecule has 2 aromatic carbocycles. The lowest BCUT2D eigenvalue weighted by molar-refractivity contribution is -0.116. The van der Waals surface area contributed by atoms with Crippen LogP contribution < -0.4 is 21.3 Å². The van der Waals surface area contributed by atoms with Gasteiger partial charge in [-0.25, -0.2) is 0 Å². The SMILES string of the molecule is CCCC(=O)Nc1ccc(Cl)c(NC(=O)CNc2cccc(C(=O)NC(C)CC)c2)c1. The highest BCUT2D eigenvalue weighted by atomic mass is 35.5. The zero-order valence-corrected chi connectivity index (χ0v) is 18.8. The number of hydrogen-bond donors (Lipinski definition) is 4. The molecule has 166 valence electrons. The second-order valence-corrected chi connectivity index (χ2v) is 7.67. The third kappa shape index (κ3) is 7.94. The molecule has 0 radical (unpaired) electrons. The lowest BCUT2D eigenvalue weighted by Crippen LogP contribution is -2.31. The van der Waals surface area contributed by atoms with E-state index in [-0.39, 0.29) is 30.3 Å². The lowest BCUT2D eigenvalue weighted by atomic mass is 10.1. The zero-order valence-electron chi connectivity index (χ0n) is 18.0. The van der Waals surface area contributed by atoms with Crippen LogP contribution in [0.3, 0.4) is 0 Å². The standard InChI is InChI=1S/C23H29ClN4O3/c1-4-7-21(29)27-18-10-11-19(24)20(13-18)28-22(30)14-25-17-9-6-8-16(12-17)23(31)26-15(3)5-2/h6,8-13,15,25H,4-5,7,14H2,1-3H3,(H,26,31)(H,27,29)(H,28,30). The normalized spacial score (nSPS) is 11.4. The minimum absolute atomic E-state index is 0.0147. The van der Waals surface area contributed by atoms with E-state index in [0.717, 1.165) is 12.8 Å². The topological polar surface area (TPSA) is 99.3 Å². The number of halogens is 1. The van der Waals surface area contributed by atoms with Gasteiger partial charge in [-0.2, -0.15) is 0 Å². The summed E-state index contributed by atoms with van der Waals surface area (Å²) in [5.41, 5.74) is 2.14. The van der Waals surface area contributed by atoms with Gasteiger partial charge < -0.3 is 21.3 Å². The Kier molecular flexibility index (Phi) is 9.34. The number of anilines is 3. The van der Waals surface area contributed by atoms with Gasteiger partial charge in [-0.3, -0.25) is 14.4 Å². The van der Waals surface area contributed by atoms with Gasteiger partial charge in [0.15, 0.2) is 0 Å². The fourth-order valence-corrected chi connectivity index (χ4v) is 2.87. The minimum Gasteiger partial charge on any atom is -0.376 e. The van der Waals surface area contributed by atoms with Crippen molar-refractivity contribution < 1.29 is 14.4 Å². The average Bonchev–Trinajstić information content (AvgIpc) is 2.75. The summed E-state index contributed by atoms with van der Waals surface area (Å²) in [7, 11) is 0. The third-order valence-electron chi connectivity index (χ3n) is 4.57. The predicted octanol–water partition coefficient (Wildman–Crippen LogP) is 4.66. The molecule has 0 aliphatic carbocycles. The largest absolute Gasteiger partial charge is 0.376 e. The van der Waals surface area contributed by atoms with Gasteiger partial charge in [0.05, 0.1) is 17.3 Å². The molecule has 8 heteroatoms. The minimum atomic E-state index is -0.312. The van der Waals surface area contributed by atoms with Crippen molar-refractivity contribution in [1.29, 1.82) is 0 Å². The van der Waals surface area contributed by atoms with Gasteiger partial charge in [0.2, 0.25) is 11.8 Å². The van der Waals surface area contributed by atoms with Crippen LogP contribution in [-0.4, -0.2) is 30.3 Å². The van der Waals surface area contributed by atoms with E-state index < -0.39 is 0 Å². The van der Waals surface area contributed by atoms with Gasteiger partial charge in [-0.1, -0.05) is 31.5 Å². The van der Waals surface area contributed by atoms with Crippen LogP contribution in [0.4, 0.5) is 17.1 Å². The molecule has 0 saturated heterocycles. The lowest BCUT2D eigenvalue weighted by Gasteiger charge is -2.13. The number of rotatable bonds is 10. The smallest absolute Gasteiger partial charge is 0.251 e. The first-order valence-corrected chi connectivity index (χ1v) is 10.7. The van der Waals surface area contributed by atoms with Crippen molar-refractivity contribution in [3.8, 4) is 0 Å². The predicted molar refractivity (Wildman–Crippen MR) is 126 cm³/mol. The summed E-state index contributed by atoms with van der Waals surface area (Å²) in [4.78, 5) is 36.4. The molecule has 0 aromatic heterocycles. The first-order chi connectivity index (χ1) is 14.8. The van der Waals surface area contributed by atoms with Crippen LogP contribution in [0.1, 0.15) is 50.4 Å². The quantitative estimate of drug-likeness (QED) is 0.428. The van der Waals surface area contributed by atoms with E-state index in [1.54, 1.807) is 42.5 Å². The molecule has 0 spiro atoms. The first-order valence-electron chi connectivity index (χ1n) is 10.4. The van der Waals surface area contributed by atoms with Crippen LogP contribution >= 0.6 is 11.6 Å². The number of benzene rings is 2. The van der Waals surface area contributed by atoms with Crippen molar-refractivity contribution in [2.45, 2.75) is 46.1 Å². The first kappa shape index (κ1) is 24.2. The van der Waals surface area contributed by atoms with Crippen LogP contribution in [-0.2, 0) is 9.59 Å². The van der Waals surface area contributed by atoms with E-state index in [9.17, 15) is 14.4 Å². The molecule has 1 atom stereocenters. The summed E-state index contributed by atoms with van der Waals surface area (Å²) in [5.74, 6) is -0.564. The van der Waals surface area contributed by atoms with Crippen LogP contribution in [0.5, 0.6) is 0 Å². The maximum Gasteiger partial charge on any atom is 0.251 e. The highest BCUT2D eigenvalue weighted by Crippen LogP contribution is 2.25. The Labute approximate surface area is 187 Å². The Hall–Kier alpha value is -3.06. The molecule has 1 unspecified atom stereocenters. The van der Waals surface area contributed by atoms with Gasteiger partial charge in [-0.05, 0) is 56.2 Å². The molecule has 0 aliphatic heterocycles. The second-order valence-electron chi connectivity index (χ2n) is 7.26. The van der Waals surface area contributed by atoms with Crippen LogP contribution in [0.15, 0.2) is 42.5 Å². The summed E-state index contributed by atoms with van der Waals surface area (Å²) in [6, 6.07) is 12.0. The summed E-state index contributed by atoms with van der Waals surface area (Å²) in [5, 5.41) is 11.8. The van der Waals surface area contributed by atoms with Gasteiger partial charge in [0.25, 0.3) is 5.91 Å². The van der Waals surface area contributed by atoms with E-state index in [0.29, 0.717) is 34.1 Å².